The molecule has 2 N–H and O–H groups in total. The average molecular weight is 463 g/mol. The molecule has 172 valence electrons. The maximum atomic E-state index is 13.1. The summed E-state index contributed by atoms with van der Waals surface area (Å²) >= 11 is 0. The van der Waals surface area contributed by atoms with Gasteiger partial charge in [0, 0.05) is 6.20 Å². The zero-order valence-corrected chi connectivity index (χ0v) is 17.0. The van der Waals surface area contributed by atoms with Crippen LogP contribution in [-0.4, -0.2) is 29.4 Å². The number of ether oxygens (including phenoxy) is 3. The van der Waals surface area contributed by atoms with Crippen molar-refractivity contribution in [1.82, 2.24) is 9.55 Å². The topological polar surface area (TPSA) is 112 Å². The van der Waals surface area contributed by atoms with Crippen molar-refractivity contribution in [3.8, 4) is 17.2 Å². The van der Waals surface area contributed by atoms with Crippen LogP contribution in [0.1, 0.15) is 21.5 Å². The molecule has 1 aliphatic heterocycles. The molecule has 0 saturated carbocycles. The number of hydrogen-bond donors (Lipinski definition) is 2. The summed E-state index contributed by atoms with van der Waals surface area (Å²) in [5.41, 5.74) is -2.95. The van der Waals surface area contributed by atoms with Crippen molar-refractivity contribution in [2.75, 3.05) is 19.2 Å². The van der Waals surface area contributed by atoms with Crippen LogP contribution in [0, 0.1) is 0 Å². The number of carbonyl (C=O) groups excluding carboxylic acids is 1. The molecule has 0 bridgehead atoms. The molecule has 2 heterocycles. The number of anilines is 1. The van der Waals surface area contributed by atoms with Gasteiger partial charge in [0.15, 0.2) is 11.5 Å². The van der Waals surface area contributed by atoms with E-state index >= 15 is 0 Å². The van der Waals surface area contributed by atoms with E-state index in [9.17, 15) is 27.6 Å². The van der Waals surface area contributed by atoms with Gasteiger partial charge in [-0.2, -0.15) is 13.2 Å². The minimum absolute atomic E-state index is 0.0403. The third-order valence-electron chi connectivity index (χ3n) is 4.86. The number of halogens is 3. The number of methoxy groups -OCH3 is 1. The molecule has 0 radical (unpaired) electrons. The summed E-state index contributed by atoms with van der Waals surface area (Å²) in [5.74, 6) is -0.0968. The van der Waals surface area contributed by atoms with Crippen molar-refractivity contribution < 1.29 is 32.2 Å². The van der Waals surface area contributed by atoms with Crippen LogP contribution in [0.2, 0.25) is 0 Å². The molecule has 33 heavy (non-hydrogen) atoms. The Morgan fingerprint density at radius 2 is 1.91 bits per heavy atom. The third kappa shape index (κ3) is 4.40. The quantitative estimate of drug-likeness (QED) is 0.602. The summed E-state index contributed by atoms with van der Waals surface area (Å²) in [4.78, 5) is 40.1. The minimum Gasteiger partial charge on any atom is -0.495 e. The molecule has 0 fully saturated rings. The number of alkyl halides is 3. The molecule has 1 amide bonds. The van der Waals surface area contributed by atoms with Crippen molar-refractivity contribution in [2.24, 2.45) is 0 Å². The van der Waals surface area contributed by atoms with E-state index in [1.54, 1.807) is 18.2 Å². The lowest BCUT2D eigenvalue weighted by atomic mass is 10.1. The first-order valence-corrected chi connectivity index (χ1v) is 9.45. The molecule has 0 atom stereocenters. The van der Waals surface area contributed by atoms with E-state index < -0.39 is 34.5 Å². The first-order valence-electron chi connectivity index (χ1n) is 9.45. The molecule has 4 rings (SSSR count). The SMILES string of the molecule is COc1ccc(C(F)(F)F)cc1NC(=O)c1c[nH]c(=O)n(Cc2ccc3c(c2)OCO3)c1=O. The van der Waals surface area contributed by atoms with Crippen molar-refractivity contribution in [3.63, 3.8) is 0 Å². The number of aromatic nitrogens is 2. The van der Waals surface area contributed by atoms with Crippen LogP contribution in [0.3, 0.4) is 0 Å². The van der Waals surface area contributed by atoms with E-state index in [-0.39, 0.29) is 24.8 Å². The van der Waals surface area contributed by atoms with Crippen LogP contribution in [0.25, 0.3) is 0 Å². The number of nitrogens with one attached hydrogen (secondary N) is 2. The second-order valence-corrected chi connectivity index (χ2v) is 6.95. The van der Waals surface area contributed by atoms with Gasteiger partial charge < -0.3 is 24.5 Å². The number of hydrogen-bond acceptors (Lipinski definition) is 6. The van der Waals surface area contributed by atoms with Crippen LogP contribution in [0.4, 0.5) is 18.9 Å². The van der Waals surface area contributed by atoms with E-state index in [2.05, 4.69) is 10.3 Å². The number of carbonyl (C=O) groups is 1. The molecule has 3 aromatic rings. The Hall–Kier alpha value is -4.22. The monoisotopic (exact) mass is 463 g/mol. The standard InChI is InChI=1S/C21H16F3N3O6/c1-31-15-5-3-12(21(22,23)24)7-14(15)26-18(28)13-8-25-20(30)27(19(13)29)9-11-2-4-16-17(6-11)33-10-32-16/h2-8H,9-10H2,1H3,(H,25,30)(H,26,28). The normalized spacial score (nSPS) is 12.5. The van der Waals surface area contributed by atoms with Gasteiger partial charge in [-0.15, -0.1) is 0 Å². The lowest BCUT2D eigenvalue weighted by Gasteiger charge is -2.14. The summed E-state index contributed by atoms with van der Waals surface area (Å²) in [6.07, 6.45) is -3.75. The Morgan fingerprint density at radius 1 is 1.15 bits per heavy atom. The fraction of sp³-hybridized carbons (Fsp3) is 0.190. The Morgan fingerprint density at radius 3 is 2.64 bits per heavy atom. The number of benzene rings is 2. The second kappa shape index (κ2) is 8.37. The molecular formula is C21H16F3N3O6. The zero-order chi connectivity index (χ0) is 23.8. The van der Waals surface area contributed by atoms with Crippen molar-refractivity contribution in [3.05, 3.63) is 80.1 Å². The summed E-state index contributed by atoms with van der Waals surface area (Å²) in [5, 5.41) is 2.24. The number of nitrogens with zero attached hydrogens (tertiary/aromatic N) is 1. The Kier molecular flexibility index (Phi) is 5.58. The van der Waals surface area contributed by atoms with Crippen LogP contribution in [-0.2, 0) is 12.7 Å². The Balaban J connectivity index is 1.65. The molecule has 0 aliphatic carbocycles. The number of fused-ring (bicyclic) bond motifs is 1. The van der Waals surface area contributed by atoms with E-state index in [0.29, 0.717) is 23.1 Å². The highest BCUT2D eigenvalue weighted by molar-refractivity contribution is 6.04. The summed E-state index contributed by atoms with van der Waals surface area (Å²) in [7, 11) is 1.22. The molecule has 1 aromatic heterocycles. The molecule has 0 saturated heterocycles. The summed E-state index contributed by atoms with van der Waals surface area (Å²) < 4.78 is 55.4. The van der Waals surface area contributed by atoms with Gasteiger partial charge in [0.25, 0.3) is 11.5 Å². The third-order valence-corrected chi connectivity index (χ3v) is 4.86. The van der Waals surface area contributed by atoms with Gasteiger partial charge in [0.05, 0.1) is 24.9 Å². The smallest absolute Gasteiger partial charge is 0.416 e. The van der Waals surface area contributed by atoms with E-state index in [4.69, 9.17) is 14.2 Å². The number of aromatic amines is 1. The Labute approximate surface area is 183 Å². The van der Waals surface area contributed by atoms with Crippen molar-refractivity contribution in [1.29, 1.82) is 0 Å². The highest BCUT2D eigenvalue weighted by Crippen LogP contribution is 2.35. The summed E-state index contributed by atoms with van der Waals surface area (Å²) in [6, 6.07) is 7.37. The highest BCUT2D eigenvalue weighted by Gasteiger charge is 2.31. The minimum atomic E-state index is -4.65. The average Bonchev–Trinajstić information content (AvgIpc) is 3.23. The highest BCUT2D eigenvalue weighted by atomic mass is 19.4. The van der Waals surface area contributed by atoms with E-state index in [0.717, 1.165) is 22.9 Å². The van der Waals surface area contributed by atoms with Gasteiger partial charge in [-0.25, -0.2) is 4.79 Å². The van der Waals surface area contributed by atoms with Crippen LogP contribution in [0.5, 0.6) is 17.2 Å². The van der Waals surface area contributed by atoms with Gasteiger partial charge in [0.2, 0.25) is 6.79 Å². The molecular weight excluding hydrogens is 447 g/mol. The van der Waals surface area contributed by atoms with Gasteiger partial charge in [0.1, 0.15) is 11.3 Å². The summed E-state index contributed by atoms with van der Waals surface area (Å²) in [6.45, 7) is -0.132. The largest absolute Gasteiger partial charge is 0.495 e. The van der Waals surface area contributed by atoms with Crippen LogP contribution >= 0.6 is 0 Å². The molecule has 12 heteroatoms. The molecule has 9 nitrogen and oxygen atoms in total. The molecule has 0 spiro atoms. The fourth-order valence-corrected chi connectivity index (χ4v) is 3.21. The molecule has 0 unspecified atom stereocenters. The second-order valence-electron chi connectivity index (χ2n) is 6.95. The first kappa shape index (κ1) is 22.0. The molecule has 1 aliphatic rings. The lowest BCUT2D eigenvalue weighted by Crippen LogP contribution is -2.39. The van der Waals surface area contributed by atoms with Gasteiger partial charge in [-0.05, 0) is 35.9 Å². The van der Waals surface area contributed by atoms with Crippen LogP contribution < -0.4 is 30.8 Å². The molecule has 2 aromatic carbocycles. The lowest BCUT2D eigenvalue weighted by molar-refractivity contribution is -0.137. The van der Waals surface area contributed by atoms with Crippen LogP contribution in [0.15, 0.2) is 52.2 Å². The first-order chi connectivity index (χ1) is 15.7. The van der Waals surface area contributed by atoms with Crippen molar-refractivity contribution >= 4 is 11.6 Å². The van der Waals surface area contributed by atoms with E-state index in [1.165, 1.54) is 7.11 Å². The number of amides is 1. The van der Waals surface area contributed by atoms with Gasteiger partial charge >= 0.3 is 11.9 Å². The maximum absolute atomic E-state index is 13.1. The predicted molar refractivity (Wildman–Crippen MR) is 109 cm³/mol. The maximum Gasteiger partial charge on any atom is 0.416 e. The van der Waals surface area contributed by atoms with Gasteiger partial charge in [-0.3, -0.25) is 14.2 Å². The van der Waals surface area contributed by atoms with E-state index in [1.807, 2.05) is 0 Å². The number of H-pyrrole nitrogens is 1. The van der Waals surface area contributed by atoms with Crippen molar-refractivity contribution in [2.45, 2.75) is 12.7 Å². The zero-order valence-electron chi connectivity index (χ0n) is 17.0. The number of rotatable bonds is 5. The Bertz CT molecular complexity index is 1350. The predicted octanol–water partition coefficient (Wildman–Crippen LogP) is 2.59. The van der Waals surface area contributed by atoms with Gasteiger partial charge in [-0.1, -0.05) is 6.07 Å². The fourth-order valence-electron chi connectivity index (χ4n) is 3.21.